The molecule has 0 bridgehead atoms. The van der Waals surface area contributed by atoms with Gasteiger partial charge in [0.15, 0.2) is 0 Å². The van der Waals surface area contributed by atoms with E-state index in [9.17, 15) is 0 Å². The molecule has 0 amide bonds. The Labute approximate surface area is 78.6 Å². The van der Waals surface area contributed by atoms with E-state index in [4.69, 9.17) is 5.11 Å². The van der Waals surface area contributed by atoms with Crippen LogP contribution in [0.5, 0.6) is 0 Å². The van der Waals surface area contributed by atoms with Gasteiger partial charge in [0.05, 0.1) is 0 Å². The molecule has 2 nitrogen and oxygen atoms in total. The van der Waals surface area contributed by atoms with Crippen LogP contribution in [0.4, 0.5) is 0 Å². The fourth-order valence-electron chi connectivity index (χ4n) is 1.91. The second kappa shape index (κ2) is 3.88. The number of hydrogen-bond donors (Lipinski definition) is 1. The number of rotatable bonds is 2. The van der Waals surface area contributed by atoms with Crippen molar-refractivity contribution in [3.8, 4) is 0 Å². The third-order valence-electron chi connectivity index (χ3n) is 2.65. The quantitative estimate of drug-likeness (QED) is 0.742. The summed E-state index contributed by atoms with van der Waals surface area (Å²) < 4.78 is 0. The van der Waals surface area contributed by atoms with Crippen LogP contribution in [0, 0.1) is 0 Å². The summed E-state index contributed by atoms with van der Waals surface area (Å²) in [4.78, 5) is 4.32. The summed E-state index contributed by atoms with van der Waals surface area (Å²) in [5.41, 5.74) is 3.89. The Morgan fingerprint density at radius 1 is 1.23 bits per heavy atom. The lowest BCUT2D eigenvalue weighted by atomic mass is 9.93. The highest BCUT2D eigenvalue weighted by Gasteiger charge is 2.09. The van der Waals surface area contributed by atoms with Crippen molar-refractivity contribution in [2.45, 2.75) is 32.1 Å². The fourth-order valence-corrected chi connectivity index (χ4v) is 1.91. The third kappa shape index (κ3) is 1.89. The zero-order valence-corrected chi connectivity index (χ0v) is 7.79. The molecule has 70 valence electrons. The first-order valence-electron chi connectivity index (χ1n) is 4.97. The monoisotopic (exact) mass is 177 g/mol. The van der Waals surface area contributed by atoms with Gasteiger partial charge in [-0.15, -0.1) is 0 Å². The zero-order chi connectivity index (χ0) is 9.10. The van der Waals surface area contributed by atoms with Crippen molar-refractivity contribution >= 4 is 0 Å². The highest BCUT2D eigenvalue weighted by molar-refractivity contribution is 5.28. The molecule has 0 radical (unpaired) electrons. The molecule has 2 rings (SSSR count). The Morgan fingerprint density at radius 2 is 2.00 bits per heavy atom. The SMILES string of the molecule is OCCc1cc2c(cn1)CCCC2. The van der Waals surface area contributed by atoms with Gasteiger partial charge in [-0.3, -0.25) is 4.98 Å². The van der Waals surface area contributed by atoms with Gasteiger partial charge in [-0.1, -0.05) is 0 Å². The average Bonchev–Trinajstić information content (AvgIpc) is 2.18. The van der Waals surface area contributed by atoms with Gasteiger partial charge in [0.1, 0.15) is 0 Å². The maximum Gasteiger partial charge on any atom is 0.0486 e. The Balaban J connectivity index is 2.24. The van der Waals surface area contributed by atoms with Gasteiger partial charge in [0, 0.05) is 24.9 Å². The third-order valence-corrected chi connectivity index (χ3v) is 2.65. The minimum atomic E-state index is 0.200. The summed E-state index contributed by atoms with van der Waals surface area (Å²) >= 11 is 0. The van der Waals surface area contributed by atoms with E-state index in [1.165, 1.54) is 36.8 Å². The lowest BCUT2D eigenvalue weighted by molar-refractivity contribution is 0.298. The van der Waals surface area contributed by atoms with Gasteiger partial charge in [-0.2, -0.15) is 0 Å². The molecule has 1 N–H and O–H groups in total. The van der Waals surface area contributed by atoms with E-state index in [0.29, 0.717) is 6.42 Å². The van der Waals surface area contributed by atoms with E-state index in [2.05, 4.69) is 11.1 Å². The maximum atomic E-state index is 8.78. The minimum absolute atomic E-state index is 0.200. The molecule has 1 heterocycles. The standard InChI is InChI=1S/C11H15NO/c13-6-5-11-7-9-3-1-2-4-10(9)8-12-11/h7-8,13H,1-6H2. The largest absolute Gasteiger partial charge is 0.396 e. The van der Waals surface area contributed by atoms with Crippen LogP contribution in [0.2, 0.25) is 0 Å². The number of pyridine rings is 1. The molecule has 1 aromatic rings. The van der Waals surface area contributed by atoms with Crippen LogP contribution < -0.4 is 0 Å². The van der Waals surface area contributed by atoms with E-state index in [1.54, 1.807) is 0 Å². The highest BCUT2D eigenvalue weighted by Crippen LogP contribution is 2.20. The molecule has 0 spiro atoms. The number of aryl methyl sites for hydroxylation is 2. The van der Waals surface area contributed by atoms with E-state index >= 15 is 0 Å². The van der Waals surface area contributed by atoms with Crippen LogP contribution in [0.25, 0.3) is 0 Å². The number of aliphatic hydroxyl groups is 1. The molecule has 1 aromatic heterocycles. The van der Waals surface area contributed by atoms with E-state index in [-0.39, 0.29) is 6.61 Å². The van der Waals surface area contributed by atoms with Crippen molar-refractivity contribution in [2.75, 3.05) is 6.61 Å². The van der Waals surface area contributed by atoms with Crippen LogP contribution in [0.1, 0.15) is 29.7 Å². The van der Waals surface area contributed by atoms with Crippen molar-refractivity contribution in [3.63, 3.8) is 0 Å². The molecule has 13 heavy (non-hydrogen) atoms. The van der Waals surface area contributed by atoms with Crippen molar-refractivity contribution < 1.29 is 5.11 Å². The van der Waals surface area contributed by atoms with Crippen LogP contribution in [0.3, 0.4) is 0 Å². The maximum absolute atomic E-state index is 8.78. The molecule has 0 unspecified atom stereocenters. The number of aliphatic hydroxyl groups excluding tert-OH is 1. The van der Waals surface area contributed by atoms with Gasteiger partial charge in [-0.25, -0.2) is 0 Å². The molecular formula is C11H15NO. The zero-order valence-electron chi connectivity index (χ0n) is 7.79. The highest BCUT2D eigenvalue weighted by atomic mass is 16.3. The van der Waals surface area contributed by atoms with Gasteiger partial charge in [0.25, 0.3) is 0 Å². The Morgan fingerprint density at radius 3 is 2.77 bits per heavy atom. The van der Waals surface area contributed by atoms with Gasteiger partial charge in [0.2, 0.25) is 0 Å². The second-order valence-corrected chi connectivity index (χ2v) is 3.63. The molecule has 0 atom stereocenters. The Bertz CT molecular complexity index is 296. The molecule has 0 saturated carbocycles. The van der Waals surface area contributed by atoms with Crippen LogP contribution in [-0.2, 0) is 19.3 Å². The van der Waals surface area contributed by atoms with Crippen molar-refractivity contribution in [2.24, 2.45) is 0 Å². The molecule has 0 aromatic carbocycles. The van der Waals surface area contributed by atoms with Crippen molar-refractivity contribution in [3.05, 3.63) is 29.1 Å². The first-order valence-corrected chi connectivity index (χ1v) is 4.97. The minimum Gasteiger partial charge on any atom is -0.396 e. The smallest absolute Gasteiger partial charge is 0.0486 e. The molecule has 2 heteroatoms. The summed E-state index contributed by atoms with van der Waals surface area (Å²) in [6, 6.07) is 2.16. The lowest BCUT2D eigenvalue weighted by Gasteiger charge is -2.15. The molecule has 0 aliphatic heterocycles. The topological polar surface area (TPSA) is 33.1 Å². The fraction of sp³-hybridized carbons (Fsp3) is 0.545. The number of aromatic nitrogens is 1. The Kier molecular flexibility index (Phi) is 2.60. The van der Waals surface area contributed by atoms with Gasteiger partial charge >= 0.3 is 0 Å². The average molecular weight is 177 g/mol. The molecule has 0 fully saturated rings. The number of nitrogens with zero attached hydrogens (tertiary/aromatic N) is 1. The predicted octanol–water partition coefficient (Wildman–Crippen LogP) is 1.50. The van der Waals surface area contributed by atoms with Gasteiger partial charge in [-0.05, 0) is 42.9 Å². The summed E-state index contributed by atoms with van der Waals surface area (Å²) in [6.45, 7) is 0.200. The first-order chi connectivity index (χ1) is 6.40. The summed E-state index contributed by atoms with van der Waals surface area (Å²) in [5.74, 6) is 0. The Hall–Kier alpha value is -0.890. The predicted molar refractivity (Wildman–Crippen MR) is 51.7 cm³/mol. The summed E-state index contributed by atoms with van der Waals surface area (Å²) in [5, 5.41) is 8.78. The van der Waals surface area contributed by atoms with E-state index in [0.717, 1.165) is 5.69 Å². The molecule has 0 saturated heterocycles. The van der Waals surface area contributed by atoms with Gasteiger partial charge < -0.3 is 5.11 Å². The van der Waals surface area contributed by atoms with E-state index in [1.807, 2.05) is 6.20 Å². The van der Waals surface area contributed by atoms with Crippen molar-refractivity contribution in [1.29, 1.82) is 0 Å². The van der Waals surface area contributed by atoms with Crippen molar-refractivity contribution in [1.82, 2.24) is 4.98 Å². The first kappa shape index (κ1) is 8.70. The van der Waals surface area contributed by atoms with Crippen LogP contribution >= 0.6 is 0 Å². The molecule has 1 aliphatic carbocycles. The van der Waals surface area contributed by atoms with E-state index < -0.39 is 0 Å². The van der Waals surface area contributed by atoms with Crippen LogP contribution in [0.15, 0.2) is 12.3 Å². The number of fused-ring (bicyclic) bond motifs is 1. The second-order valence-electron chi connectivity index (χ2n) is 3.63. The number of hydrogen-bond acceptors (Lipinski definition) is 2. The van der Waals surface area contributed by atoms with Crippen LogP contribution in [-0.4, -0.2) is 16.7 Å². The normalized spacial score (nSPS) is 15.5. The lowest BCUT2D eigenvalue weighted by Crippen LogP contribution is -2.05. The summed E-state index contributed by atoms with van der Waals surface area (Å²) in [7, 11) is 0. The molecular weight excluding hydrogens is 162 g/mol. The molecule has 1 aliphatic rings. The summed E-state index contributed by atoms with van der Waals surface area (Å²) in [6.07, 6.45) is 7.65.